The quantitative estimate of drug-likeness (QED) is 0.286. The highest BCUT2D eigenvalue weighted by Gasteiger charge is 2.79. The summed E-state index contributed by atoms with van der Waals surface area (Å²) in [6, 6.07) is 15.4. The molecule has 1 N–H and O–H groups in total. The molecular formula is C37H47N3O6. The maximum atomic E-state index is 14.8. The molecule has 9 heteroatoms. The molecule has 2 aromatic rings. The summed E-state index contributed by atoms with van der Waals surface area (Å²) in [4.78, 5) is 49.2. The summed E-state index contributed by atoms with van der Waals surface area (Å²) in [5, 5.41) is 10.5. The molecule has 5 rings (SSSR count). The fraction of sp³-hybridized carbons (Fsp3) is 0.486. The molecular weight excluding hydrogens is 582 g/mol. The van der Waals surface area contributed by atoms with E-state index in [0.29, 0.717) is 50.3 Å². The number of likely N-dealkylation sites (tertiary alicyclic amines) is 1. The van der Waals surface area contributed by atoms with Gasteiger partial charge in [-0.2, -0.15) is 0 Å². The van der Waals surface area contributed by atoms with Crippen LogP contribution in [0, 0.1) is 11.8 Å². The number of fused-ring (bicyclic) bond motifs is 1. The Morgan fingerprint density at radius 2 is 1.74 bits per heavy atom. The van der Waals surface area contributed by atoms with Gasteiger partial charge in [-0.25, -0.2) is 0 Å². The maximum absolute atomic E-state index is 14.8. The monoisotopic (exact) mass is 629 g/mol. The summed E-state index contributed by atoms with van der Waals surface area (Å²) in [6.45, 7) is 14.6. The van der Waals surface area contributed by atoms with Crippen molar-refractivity contribution in [3.8, 4) is 5.75 Å². The van der Waals surface area contributed by atoms with Gasteiger partial charge in [-0.05, 0) is 62.4 Å². The number of hydrogen-bond donors (Lipinski definition) is 1. The molecule has 9 nitrogen and oxygen atoms in total. The van der Waals surface area contributed by atoms with Crippen molar-refractivity contribution >= 4 is 23.4 Å². The Labute approximate surface area is 272 Å². The first-order chi connectivity index (χ1) is 22.2. The SMILES string of the molecule is C=CCN(Cc1ccccc1)C(=O)C1N([C@@H](CC)CO)C(=O)[C@@H]2[C@H](C(=O)N(CC=C)c3ccc(OCC)cc3)[C@]3(CC)CCC12O3. The highest BCUT2D eigenvalue weighted by Crippen LogP contribution is 2.65. The van der Waals surface area contributed by atoms with Crippen molar-refractivity contribution in [1.82, 2.24) is 9.80 Å². The number of carbonyl (C=O) groups is 3. The average molecular weight is 630 g/mol. The van der Waals surface area contributed by atoms with Crippen LogP contribution in [0.5, 0.6) is 5.75 Å². The summed E-state index contributed by atoms with van der Waals surface area (Å²) >= 11 is 0. The first kappa shape index (κ1) is 33.4. The molecule has 46 heavy (non-hydrogen) atoms. The molecule has 0 aliphatic carbocycles. The highest BCUT2D eigenvalue weighted by atomic mass is 16.5. The fourth-order valence-corrected chi connectivity index (χ4v) is 7.99. The second kappa shape index (κ2) is 13.8. The van der Waals surface area contributed by atoms with Crippen LogP contribution in [0.15, 0.2) is 79.9 Å². The van der Waals surface area contributed by atoms with Gasteiger partial charge in [0.1, 0.15) is 17.4 Å². The van der Waals surface area contributed by atoms with Gasteiger partial charge >= 0.3 is 0 Å². The molecule has 3 saturated heterocycles. The molecule has 0 aromatic heterocycles. The molecule has 3 heterocycles. The predicted octanol–water partition coefficient (Wildman–Crippen LogP) is 4.74. The van der Waals surface area contributed by atoms with Crippen LogP contribution in [0.4, 0.5) is 5.69 Å². The molecule has 6 atom stereocenters. The second-order valence-corrected chi connectivity index (χ2v) is 12.5. The van der Waals surface area contributed by atoms with Crippen LogP contribution in [-0.4, -0.2) is 82.2 Å². The molecule has 2 aromatic carbocycles. The Hall–Kier alpha value is -3.95. The lowest BCUT2D eigenvalue weighted by atomic mass is 9.64. The van der Waals surface area contributed by atoms with E-state index in [9.17, 15) is 19.5 Å². The molecule has 3 fully saturated rings. The predicted molar refractivity (Wildman–Crippen MR) is 177 cm³/mol. The Kier molecular flexibility index (Phi) is 10.0. The lowest BCUT2D eigenvalue weighted by Gasteiger charge is -2.39. The van der Waals surface area contributed by atoms with Gasteiger partial charge in [0.15, 0.2) is 0 Å². The summed E-state index contributed by atoms with van der Waals surface area (Å²) in [5.74, 6) is -1.80. The normalized spacial score (nSPS) is 26.8. The van der Waals surface area contributed by atoms with E-state index >= 15 is 0 Å². The number of aliphatic hydroxyl groups is 1. The van der Waals surface area contributed by atoms with E-state index < -0.39 is 35.1 Å². The van der Waals surface area contributed by atoms with E-state index in [-0.39, 0.29) is 37.4 Å². The first-order valence-corrected chi connectivity index (χ1v) is 16.5. The molecule has 0 saturated carbocycles. The van der Waals surface area contributed by atoms with Crippen LogP contribution < -0.4 is 9.64 Å². The molecule has 2 bridgehead atoms. The summed E-state index contributed by atoms with van der Waals surface area (Å²) in [7, 11) is 0. The van der Waals surface area contributed by atoms with E-state index in [1.54, 1.807) is 26.9 Å². The van der Waals surface area contributed by atoms with Gasteiger partial charge in [0.2, 0.25) is 17.7 Å². The zero-order chi connectivity index (χ0) is 33.1. The van der Waals surface area contributed by atoms with Crippen LogP contribution in [-0.2, 0) is 25.7 Å². The lowest BCUT2D eigenvalue weighted by Crippen LogP contribution is -2.58. The van der Waals surface area contributed by atoms with Crippen LogP contribution >= 0.6 is 0 Å². The van der Waals surface area contributed by atoms with Crippen molar-refractivity contribution < 1.29 is 29.0 Å². The third-order valence-corrected chi connectivity index (χ3v) is 10.1. The minimum Gasteiger partial charge on any atom is -0.494 e. The number of ether oxygens (including phenoxy) is 2. The van der Waals surface area contributed by atoms with Crippen LogP contribution in [0.25, 0.3) is 0 Å². The molecule has 246 valence electrons. The number of hydrogen-bond acceptors (Lipinski definition) is 6. The van der Waals surface area contributed by atoms with Gasteiger partial charge < -0.3 is 29.3 Å². The number of anilines is 1. The topological polar surface area (TPSA) is 99.6 Å². The van der Waals surface area contributed by atoms with E-state index in [2.05, 4.69) is 13.2 Å². The van der Waals surface area contributed by atoms with E-state index in [4.69, 9.17) is 9.47 Å². The molecule has 3 amide bonds. The highest BCUT2D eigenvalue weighted by molar-refractivity contribution is 6.03. The zero-order valence-electron chi connectivity index (χ0n) is 27.3. The Morgan fingerprint density at radius 1 is 1.04 bits per heavy atom. The van der Waals surface area contributed by atoms with Crippen LogP contribution in [0.2, 0.25) is 0 Å². The van der Waals surface area contributed by atoms with Gasteiger partial charge in [0.05, 0.1) is 36.7 Å². The van der Waals surface area contributed by atoms with Crippen molar-refractivity contribution in [1.29, 1.82) is 0 Å². The number of carbonyl (C=O) groups excluding carboxylic acids is 3. The second-order valence-electron chi connectivity index (χ2n) is 12.5. The fourth-order valence-electron chi connectivity index (χ4n) is 7.99. The van der Waals surface area contributed by atoms with Crippen LogP contribution in [0.3, 0.4) is 0 Å². The van der Waals surface area contributed by atoms with Gasteiger partial charge in [-0.3, -0.25) is 14.4 Å². The Bertz CT molecular complexity index is 1430. The van der Waals surface area contributed by atoms with E-state index in [1.807, 2.05) is 75.4 Å². The smallest absolute Gasteiger partial charge is 0.249 e. The minimum atomic E-state index is -1.21. The number of benzene rings is 2. The summed E-state index contributed by atoms with van der Waals surface area (Å²) in [6.07, 6.45) is 5.31. The third-order valence-electron chi connectivity index (χ3n) is 10.1. The van der Waals surface area contributed by atoms with Crippen molar-refractivity contribution in [3.63, 3.8) is 0 Å². The van der Waals surface area contributed by atoms with Crippen molar-refractivity contribution in [3.05, 3.63) is 85.5 Å². The number of rotatable bonds is 15. The lowest BCUT2D eigenvalue weighted by molar-refractivity contribution is -0.156. The largest absolute Gasteiger partial charge is 0.494 e. The van der Waals surface area contributed by atoms with Crippen molar-refractivity contribution in [2.45, 2.75) is 76.3 Å². The standard InChI is InChI=1S/C37H47N3O6/c1-6-22-38(24-26-14-12-11-13-15-26)35(44)32-37-21-20-36(9-4,46-37)30(31(37)34(43)40(32)27(8-3)25-41)33(42)39(23-7-2)28-16-18-29(19-17-28)45-10-5/h6-7,11-19,27,30-32,41H,1-2,8-10,20-25H2,3-5H3/t27-,30+,31-,32?,36-,37?/m0/s1. The average Bonchev–Trinajstić information content (AvgIpc) is 3.68. The molecule has 2 unspecified atom stereocenters. The number of aliphatic hydroxyl groups excluding tert-OH is 1. The summed E-state index contributed by atoms with van der Waals surface area (Å²) < 4.78 is 12.6. The van der Waals surface area contributed by atoms with Gasteiger partial charge in [0, 0.05) is 25.3 Å². The third kappa shape index (κ3) is 5.53. The zero-order valence-corrected chi connectivity index (χ0v) is 27.3. The minimum absolute atomic E-state index is 0.233. The summed E-state index contributed by atoms with van der Waals surface area (Å²) in [5.41, 5.74) is -0.506. The Morgan fingerprint density at radius 3 is 2.33 bits per heavy atom. The Balaban J connectivity index is 1.59. The van der Waals surface area contributed by atoms with Gasteiger partial charge in [-0.15, -0.1) is 13.2 Å². The first-order valence-electron chi connectivity index (χ1n) is 16.5. The maximum Gasteiger partial charge on any atom is 0.249 e. The molecule has 3 aliphatic heterocycles. The van der Waals surface area contributed by atoms with E-state index in [0.717, 1.165) is 5.56 Å². The number of nitrogens with zero attached hydrogens (tertiary/aromatic N) is 3. The number of amides is 3. The van der Waals surface area contributed by atoms with Crippen LogP contribution in [0.1, 0.15) is 52.0 Å². The van der Waals surface area contributed by atoms with E-state index in [1.165, 1.54) is 0 Å². The van der Waals surface area contributed by atoms with Crippen molar-refractivity contribution in [2.75, 3.05) is 31.2 Å². The molecule has 3 aliphatic rings. The molecule has 1 spiro atoms. The van der Waals surface area contributed by atoms with Crippen molar-refractivity contribution in [2.24, 2.45) is 11.8 Å². The van der Waals surface area contributed by atoms with Gasteiger partial charge in [-0.1, -0.05) is 56.3 Å². The van der Waals surface area contributed by atoms with Gasteiger partial charge in [0.25, 0.3) is 0 Å². The molecule has 0 radical (unpaired) electrons.